The second-order valence-corrected chi connectivity index (χ2v) is 8.25. The van der Waals surface area contributed by atoms with E-state index in [9.17, 15) is 19.3 Å². The molecule has 0 aliphatic carbocycles. The van der Waals surface area contributed by atoms with Gasteiger partial charge in [0.25, 0.3) is 5.69 Å². The van der Waals surface area contributed by atoms with E-state index in [0.717, 1.165) is 5.56 Å². The van der Waals surface area contributed by atoms with Gasteiger partial charge in [0.2, 0.25) is 5.90 Å². The van der Waals surface area contributed by atoms with Gasteiger partial charge in [-0.15, -0.1) is 0 Å². The number of halogens is 3. The fourth-order valence-corrected chi connectivity index (χ4v) is 3.75. The molecule has 11 heteroatoms. The van der Waals surface area contributed by atoms with Crippen LogP contribution in [-0.2, 0) is 16.1 Å². The molecule has 0 saturated carbocycles. The predicted molar refractivity (Wildman–Crippen MR) is 132 cm³/mol. The Kier molecular flexibility index (Phi) is 7.52. The van der Waals surface area contributed by atoms with E-state index in [4.69, 9.17) is 37.4 Å². The Labute approximate surface area is 214 Å². The van der Waals surface area contributed by atoms with Crippen molar-refractivity contribution in [2.45, 2.75) is 13.5 Å². The van der Waals surface area contributed by atoms with E-state index >= 15 is 0 Å². The highest BCUT2D eigenvalue weighted by atomic mass is 35.5. The number of nitro groups is 1. The van der Waals surface area contributed by atoms with Crippen LogP contribution in [0.5, 0.6) is 11.5 Å². The maximum Gasteiger partial charge on any atom is 0.363 e. The molecule has 3 aromatic rings. The Morgan fingerprint density at radius 1 is 1.08 bits per heavy atom. The van der Waals surface area contributed by atoms with Crippen LogP contribution in [0.4, 0.5) is 10.1 Å². The quantitative estimate of drug-likeness (QED) is 0.145. The lowest BCUT2D eigenvalue weighted by molar-refractivity contribution is -0.384. The molecule has 0 aromatic heterocycles. The van der Waals surface area contributed by atoms with Crippen LogP contribution >= 0.6 is 23.2 Å². The number of hydrogen-bond acceptors (Lipinski definition) is 7. The first-order chi connectivity index (χ1) is 17.2. The van der Waals surface area contributed by atoms with Gasteiger partial charge in [-0.1, -0.05) is 35.3 Å². The first-order valence-corrected chi connectivity index (χ1v) is 11.3. The Balaban J connectivity index is 1.62. The smallest absolute Gasteiger partial charge is 0.363 e. The van der Waals surface area contributed by atoms with Gasteiger partial charge in [0, 0.05) is 11.6 Å². The Morgan fingerprint density at radius 3 is 2.53 bits per heavy atom. The highest BCUT2D eigenvalue weighted by Crippen LogP contribution is 2.38. The molecular formula is C25H17Cl2FN2O6. The van der Waals surface area contributed by atoms with Crippen molar-refractivity contribution in [2.24, 2.45) is 4.99 Å². The third-order valence-electron chi connectivity index (χ3n) is 4.94. The molecule has 0 N–H and O–H groups in total. The lowest BCUT2D eigenvalue weighted by Crippen LogP contribution is -2.06. The maximum atomic E-state index is 13.1. The average molecular weight is 531 g/mol. The zero-order chi connectivity index (χ0) is 25.8. The van der Waals surface area contributed by atoms with E-state index in [2.05, 4.69) is 4.99 Å². The zero-order valence-corrected chi connectivity index (χ0v) is 20.2. The molecule has 0 spiro atoms. The number of aliphatic imine (C=N–C) groups is 1. The predicted octanol–water partition coefficient (Wildman–Crippen LogP) is 6.36. The van der Waals surface area contributed by atoms with Crippen molar-refractivity contribution in [3.05, 3.63) is 103 Å². The summed E-state index contributed by atoms with van der Waals surface area (Å²) in [7, 11) is 0. The lowest BCUT2D eigenvalue weighted by Gasteiger charge is -2.14. The standard InChI is InChI=1S/C25H17Cl2FN2O6/c1-2-34-22-11-15(9-19(27)23(22)35-13-14-3-6-17(28)7-4-14)10-20-25(31)36-24(29-20)16-5-8-18(26)21(12-16)30(32)33/h3-12H,2,13H2,1H3/b20-10-. The summed E-state index contributed by atoms with van der Waals surface area (Å²) in [6, 6.07) is 13.0. The summed E-state index contributed by atoms with van der Waals surface area (Å²) in [4.78, 5) is 27.1. The molecular weight excluding hydrogens is 514 g/mol. The fraction of sp³-hybridized carbons (Fsp3) is 0.120. The molecule has 36 heavy (non-hydrogen) atoms. The van der Waals surface area contributed by atoms with Crippen molar-refractivity contribution in [2.75, 3.05) is 6.61 Å². The fourth-order valence-electron chi connectivity index (χ4n) is 3.29. The van der Waals surface area contributed by atoms with Gasteiger partial charge in [-0.05, 0) is 60.5 Å². The molecule has 184 valence electrons. The van der Waals surface area contributed by atoms with Gasteiger partial charge in [0.05, 0.1) is 16.6 Å². The van der Waals surface area contributed by atoms with Crippen LogP contribution in [0.1, 0.15) is 23.6 Å². The van der Waals surface area contributed by atoms with Crippen LogP contribution in [0.15, 0.2) is 65.3 Å². The van der Waals surface area contributed by atoms with Crippen molar-refractivity contribution in [3.8, 4) is 11.5 Å². The largest absolute Gasteiger partial charge is 0.490 e. The van der Waals surface area contributed by atoms with Crippen LogP contribution in [0.3, 0.4) is 0 Å². The van der Waals surface area contributed by atoms with Gasteiger partial charge in [-0.25, -0.2) is 14.2 Å². The van der Waals surface area contributed by atoms with Gasteiger partial charge >= 0.3 is 5.97 Å². The Morgan fingerprint density at radius 2 is 1.83 bits per heavy atom. The Hall–Kier alpha value is -3.95. The van der Waals surface area contributed by atoms with Crippen LogP contribution in [0, 0.1) is 15.9 Å². The molecule has 1 aliphatic rings. The summed E-state index contributed by atoms with van der Waals surface area (Å²) < 4.78 is 29.8. The number of cyclic esters (lactones) is 1. The van der Waals surface area contributed by atoms with E-state index in [1.807, 2.05) is 0 Å². The SMILES string of the molecule is CCOc1cc(/C=C2\N=C(c3ccc(Cl)c([N+](=O)[O-])c3)OC2=O)cc(Cl)c1OCc1ccc(F)cc1. The normalized spacial score (nSPS) is 13.9. The van der Waals surface area contributed by atoms with Gasteiger partial charge in [0.15, 0.2) is 17.2 Å². The van der Waals surface area contributed by atoms with Crippen LogP contribution in [-0.4, -0.2) is 23.4 Å². The van der Waals surface area contributed by atoms with Crippen molar-refractivity contribution in [1.29, 1.82) is 0 Å². The molecule has 1 heterocycles. The molecule has 1 aliphatic heterocycles. The number of esters is 1. The summed E-state index contributed by atoms with van der Waals surface area (Å²) in [5.74, 6) is -0.566. The third-order valence-corrected chi connectivity index (χ3v) is 5.54. The van der Waals surface area contributed by atoms with Gasteiger partial charge < -0.3 is 14.2 Å². The maximum absolute atomic E-state index is 13.1. The first-order valence-electron chi connectivity index (χ1n) is 10.6. The molecule has 0 bridgehead atoms. The summed E-state index contributed by atoms with van der Waals surface area (Å²) in [5.41, 5.74) is 1.06. The Bertz CT molecular complexity index is 1410. The van der Waals surface area contributed by atoms with Crippen molar-refractivity contribution >= 4 is 46.8 Å². The minimum absolute atomic E-state index is 0.0406. The summed E-state index contributed by atoms with van der Waals surface area (Å²) in [5, 5.41) is 11.3. The molecule has 0 amide bonds. The number of carbonyl (C=O) groups is 1. The van der Waals surface area contributed by atoms with Crippen molar-refractivity contribution < 1.29 is 28.3 Å². The topological polar surface area (TPSA) is 100 Å². The van der Waals surface area contributed by atoms with E-state index in [1.165, 1.54) is 36.4 Å². The number of carbonyl (C=O) groups excluding carboxylic acids is 1. The second kappa shape index (κ2) is 10.8. The number of benzene rings is 3. The highest BCUT2D eigenvalue weighted by molar-refractivity contribution is 6.33. The van der Waals surface area contributed by atoms with E-state index < -0.39 is 10.9 Å². The minimum Gasteiger partial charge on any atom is -0.490 e. The summed E-state index contributed by atoms with van der Waals surface area (Å²) in [6.07, 6.45) is 1.44. The van der Waals surface area contributed by atoms with E-state index in [-0.39, 0.29) is 51.1 Å². The number of nitro benzene ring substituents is 1. The molecule has 0 saturated heterocycles. The van der Waals surface area contributed by atoms with Crippen LogP contribution < -0.4 is 9.47 Å². The van der Waals surface area contributed by atoms with E-state index in [0.29, 0.717) is 17.9 Å². The molecule has 0 radical (unpaired) electrons. The molecule has 0 fully saturated rings. The number of hydrogen-bond donors (Lipinski definition) is 0. The molecule has 4 rings (SSSR count). The summed E-state index contributed by atoms with van der Waals surface area (Å²) >= 11 is 12.3. The summed E-state index contributed by atoms with van der Waals surface area (Å²) in [6.45, 7) is 2.25. The number of nitrogens with zero attached hydrogens (tertiary/aromatic N) is 2. The number of ether oxygens (including phenoxy) is 3. The van der Waals surface area contributed by atoms with Crippen molar-refractivity contribution in [3.63, 3.8) is 0 Å². The highest BCUT2D eigenvalue weighted by Gasteiger charge is 2.26. The van der Waals surface area contributed by atoms with Gasteiger partial charge in [-0.3, -0.25) is 10.1 Å². The van der Waals surface area contributed by atoms with Crippen LogP contribution in [0.2, 0.25) is 10.0 Å². The van der Waals surface area contributed by atoms with E-state index in [1.54, 1.807) is 31.2 Å². The third kappa shape index (κ3) is 5.64. The molecule has 0 atom stereocenters. The molecule has 8 nitrogen and oxygen atoms in total. The van der Waals surface area contributed by atoms with Gasteiger partial charge in [0.1, 0.15) is 17.4 Å². The monoisotopic (exact) mass is 530 g/mol. The van der Waals surface area contributed by atoms with Gasteiger partial charge in [-0.2, -0.15) is 0 Å². The average Bonchev–Trinajstić information content (AvgIpc) is 3.20. The second-order valence-electron chi connectivity index (χ2n) is 7.44. The first kappa shape index (κ1) is 25.2. The zero-order valence-electron chi connectivity index (χ0n) is 18.7. The molecule has 3 aromatic carbocycles. The van der Waals surface area contributed by atoms with Crippen molar-refractivity contribution in [1.82, 2.24) is 0 Å². The van der Waals surface area contributed by atoms with Crippen LogP contribution in [0.25, 0.3) is 6.08 Å². The number of rotatable bonds is 8. The minimum atomic E-state index is -0.742. The lowest BCUT2D eigenvalue weighted by atomic mass is 10.1. The molecule has 0 unspecified atom stereocenters.